The molecule has 0 unspecified atom stereocenters. The fourth-order valence-electron chi connectivity index (χ4n) is 4.39. The highest BCUT2D eigenvalue weighted by atomic mass is 16.2. The van der Waals surface area contributed by atoms with Crippen molar-refractivity contribution in [2.75, 3.05) is 68.7 Å². The number of amides is 1. The lowest BCUT2D eigenvalue weighted by Crippen LogP contribution is -2.49. The van der Waals surface area contributed by atoms with Crippen molar-refractivity contribution in [3.8, 4) is 0 Å². The Hall–Kier alpha value is -1.89. The maximum atomic E-state index is 11.8. The summed E-state index contributed by atoms with van der Waals surface area (Å²) in [5, 5.41) is 0. The van der Waals surface area contributed by atoms with E-state index in [4.69, 9.17) is 4.98 Å². The number of rotatable bonds is 5. The quantitative estimate of drug-likeness (QED) is 0.781. The van der Waals surface area contributed by atoms with Gasteiger partial charge in [-0.3, -0.25) is 9.69 Å². The minimum atomic E-state index is 0.329. The number of aromatic nitrogens is 2. The van der Waals surface area contributed by atoms with Crippen LogP contribution >= 0.6 is 0 Å². The lowest BCUT2D eigenvalue weighted by Gasteiger charge is -2.36. The Balaban J connectivity index is 1.32. The lowest BCUT2D eigenvalue weighted by molar-refractivity contribution is -0.127. The summed E-state index contributed by atoms with van der Waals surface area (Å²) in [5.74, 6) is 3.35. The Morgan fingerprint density at radius 3 is 2.11 bits per heavy atom. The van der Waals surface area contributed by atoms with Crippen LogP contribution in [0.2, 0.25) is 0 Å². The van der Waals surface area contributed by atoms with Crippen LogP contribution in [0.4, 0.5) is 11.6 Å². The fourth-order valence-corrected chi connectivity index (χ4v) is 4.39. The molecule has 0 aromatic carbocycles. The van der Waals surface area contributed by atoms with Gasteiger partial charge in [0.05, 0.1) is 0 Å². The molecular formula is C20H32N6O. The van der Waals surface area contributed by atoms with Crippen molar-refractivity contribution in [2.24, 2.45) is 0 Å². The Morgan fingerprint density at radius 2 is 1.48 bits per heavy atom. The van der Waals surface area contributed by atoms with E-state index in [1.165, 1.54) is 19.3 Å². The number of piperidine rings is 1. The molecule has 27 heavy (non-hydrogen) atoms. The van der Waals surface area contributed by atoms with Crippen LogP contribution in [0.15, 0.2) is 6.07 Å². The van der Waals surface area contributed by atoms with Crippen molar-refractivity contribution in [3.05, 3.63) is 11.9 Å². The second-order valence-electron chi connectivity index (χ2n) is 7.99. The van der Waals surface area contributed by atoms with Crippen molar-refractivity contribution in [2.45, 2.75) is 39.0 Å². The van der Waals surface area contributed by atoms with E-state index in [2.05, 4.69) is 25.8 Å². The molecule has 3 fully saturated rings. The van der Waals surface area contributed by atoms with E-state index in [9.17, 15) is 4.79 Å². The number of hydrogen-bond donors (Lipinski definition) is 0. The molecule has 0 aliphatic carbocycles. The largest absolute Gasteiger partial charge is 0.356 e. The number of hydrogen-bond acceptors (Lipinski definition) is 6. The molecule has 148 valence electrons. The van der Waals surface area contributed by atoms with Crippen LogP contribution in [0.25, 0.3) is 0 Å². The predicted molar refractivity (Wildman–Crippen MR) is 107 cm³/mol. The molecule has 3 aliphatic heterocycles. The van der Waals surface area contributed by atoms with Crippen molar-refractivity contribution < 1.29 is 4.79 Å². The molecule has 0 spiro atoms. The minimum absolute atomic E-state index is 0.329. The highest BCUT2D eigenvalue weighted by molar-refractivity contribution is 5.78. The van der Waals surface area contributed by atoms with E-state index in [1.807, 2.05) is 11.8 Å². The van der Waals surface area contributed by atoms with Crippen molar-refractivity contribution in [1.82, 2.24) is 19.8 Å². The minimum Gasteiger partial charge on any atom is -0.356 e. The summed E-state index contributed by atoms with van der Waals surface area (Å²) in [6, 6.07) is 2.18. The van der Waals surface area contributed by atoms with Gasteiger partial charge in [-0.1, -0.05) is 0 Å². The van der Waals surface area contributed by atoms with Crippen LogP contribution in [-0.2, 0) is 4.79 Å². The zero-order valence-electron chi connectivity index (χ0n) is 16.6. The highest BCUT2D eigenvalue weighted by Gasteiger charge is 2.23. The Labute approximate surface area is 162 Å². The summed E-state index contributed by atoms with van der Waals surface area (Å²) in [6.07, 6.45) is 5.62. The van der Waals surface area contributed by atoms with E-state index in [-0.39, 0.29) is 0 Å². The third-order valence-corrected chi connectivity index (χ3v) is 6.04. The average Bonchev–Trinajstić information content (AvgIpc) is 3.12. The summed E-state index contributed by atoms with van der Waals surface area (Å²) in [7, 11) is 0. The molecule has 0 N–H and O–H groups in total. The zero-order chi connectivity index (χ0) is 18.6. The molecule has 0 radical (unpaired) electrons. The molecule has 0 atom stereocenters. The molecule has 4 rings (SSSR count). The standard InChI is InChI=1S/C20H32N6O/c1-17-21-18(24-7-3-2-4-8-24)16-19(22-17)25-13-10-23(11-14-25)12-15-26-9-5-6-20(26)27/h16H,2-15H2,1H3. The second-order valence-corrected chi connectivity index (χ2v) is 7.99. The van der Waals surface area contributed by atoms with Crippen molar-refractivity contribution in [3.63, 3.8) is 0 Å². The van der Waals surface area contributed by atoms with Gasteiger partial charge in [0.2, 0.25) is 5.91 Å². The van der Waals surface area contributed by atoms with Gasteiger partial charge in [0.1, 0.15) is 17.5 Å². The molecule has 1 amide bonds. The van der Waals surface area contributed by atoms with Crippen LogP contribution in [0.1, 0.15) is 37.9 Å². The number of likely N-dealkylation sites (tertiary alicyclic amines) is 1. The summed E-state index contributed by atoms with van der Waals surface area (Å²) < 4.78 is 0. The van der Waals surface area contributed by atoms with Gasteiger partial charge in [-0.05, 0) is 32.6 Å². The second kappa shape index (κ2) is 8.42. The zero-order valence-corrected chi connectivity index (χ0v) is 16.6. The van der Waals surface area contributed by atoms with E-state index in [1.54, 1.807) is 0 Å². The third-order valence-electron chi connectivity index (χ3n) is 6.04. The van der Waals surface area contributed by atoms with E-state index in [0.29, 0.717) is 5.91 Å². The van der Waals surface area contributed by atoms with Crippen LogP contribution in [0.3, 0.4) is 0 Å². The Kier molecular flexibility index (Phi) is 5.76. The molecule has 7 heteroatoms. The number of aryl methyl sites for hydroxylation is 1. The molecule has 3 aliphatic rings. The van der Waals surface area contributed by atoms with Gasteiger partial charge in [-0.15, -0.1) is 0 Å². The van der Waals surface area contributed by atoms with Crippen LogP contribution in [-0.4, -0.2) is 84.6 Å². The first-order valence-electron chi connectivity index (χ1n) is 10.5. The maximum Gasteiger partial charge on any atom is 0.222 e. The maximum absolute atomic E-state index is 11.8. The first kappa shape index (κ1) is 18.5. The van der Waals surface area contributed by atoms with Gasteiger partial charge >= 0.3 is 0 Å². The van der Waals surface area contributed by atoms with Gasteiger partial charge in [0.25, 0.3) is 0 Å². The smallest absolute Gasteiger partial charge is 0.222 e. The van der Waals surface area contributed by atoms with Gasteiger partial charge in [0.15, 0.2) is 0 Å². The molecule has 7 nitrogen and oxygen atoms in total. The first-order valence-corrected chi connectivity index (χ1v) is 10.5. The van der Waals surface area contributed by atoms with E-state index in [0.717, 1.165) is 89.2 Å². The van der Waals surface area contributed by atoms with E-state index >= 15 is 0 Å². The predicted octanol–water partition coefficient (Wildman–Crippen LogP) is 1.52. The number of nitrogens with zero attached hydrogens (tertiary/aromatic N) is 6. The third kappa shape index (κ3) is 4.51. The summed E-state index contributed by atoms with van der Waals surface area (Å²) in [4.78, 5) is 30.4. The number of anilines is 2. The molecule has 0 saturated carbocycles. The molecule has 4 heterocycles. The summed E-state index contributed by atoms with van der Waals surface area (Å²) >= 11 is 0. The van der Waals surface area contributed by atoms with Crippen LogP contribution < -0.4 is 9.80 Å². The number of carbonyl (C=O) groups excluding carboxylic acids is 1. The normalized spacial score (nSPS) is 22.0. The SMILES string of the molecule is Cc1nc(N2CCCCC2)cc(N2CCN(CCN3CCCC3=O)CC2)n1. The van der Waals surface area contributed by atoms with Gasteiger partial charge < -0.3 is 14.7 Å². The van der Waals surface area contributed by atoms with Crippen molar-refractivity contribution in [1.29, 1.82) is 0 Å². The monoisotopic (exact) mass is 372 g/mol. The van der Waals surface area contributed by atoms with Gasteiger partial charge in [-0.2, -0.15) is 0 Å². The van der Waals surface area contributed by atoms with Crippen molar-refractivity contribution >= 4 is 17.5 Å². The summed E-state index contributed by atoms with van der Waals surface area (Å²) in [6.45, 7) is 11.1. The first-order chi connectivity index (χ1) is 13.2. The van der Waals surface area contributed by atoms with E-state index < -0.39 is 0 Å². The van der Waals surface area contributed by atoms with Gasteiger partial charge in [-0.25, -0.2) is 9.97 Å². The number of piperazine rings is 1. The Bertz CT molecular complexity index is 652. The Morgan fingerprint density at radius 1 is 0.815 bits per heavy atom. The highest BCUT2D eigenvalue weighted by Crippen LogP contribution is 2.23. The molecule has 1 aromatic rings. The topological polar surface area (TPSA) is 55.8 Å². The lowest BCUT2D eigenvalue weighted by atomic mass is 10.1. The summed E-state index contributed by atoms with van der Waals surface area (Å²) in [5.41, 5.74) is 0. The average molecular weight is 373 g/mol. The fraction of sp³-hybridized carbons (Fsp3) is 0.750. The molecule has 0 bridgehead atoms. The molecular weight excluding hydrogens is 340 g/mol. The van der Waals surface area contributed by atoms with Crippen LogP contribution in [0.5, 0.6) is 0 Å². The van der Waals surface area contributed by atoms with Crippen LogP contribution in [0, 0.1) is 6.92 Å². The number of carbonyl (C=O) groups is 1. The molecule has 3 saturated heterocycles. The molecule has 1 aromatic heterocycles. The van der Waals surface area contributed by atoms with Gasteiger partial charge in [0, 0.05) is 71.4 Å².